The van der Waals surface area contributed by atoms with Crippen LogP contribution in [0.5, 0.6) is 0 Å². The summed E-state index contributed by atoms with van der Waals surface area (Å²) in [6, 6.07) is 2.60. The number of aromatic nitrogens is 1. The maximum Gasteiger partial charge on any atom is 0.147 e. The molecule has 1 N–H and O–H groups in total. The van der Waals surface area contributed by atoms with Crippen LogP contribution in [0.25, 0.3) is 0 Å². The summed E-state index contributed by atoms with van der Waals surface area (Å²) in [5.41, 5.74) is 1.13. The topological polar surface area (TPSA) is 28.2 Å². The van der Waals surface area contributed by atoms with Crippen molar-refractivity contribution in [2.45, 2.75) is 45.2 Å². The molecule has 3 nitrogen and oxygen atoms in total. The molecule has 0 saturated heterocycles. The summed E-state index contributed by atoms with van der Waals surface area (Å²) in [5, 5.41) is 3.87. The quantitative estimate of drug-likeness (QED) is 0.916. The lowest BCUT2D eigenvalue weighted by Gasteiger charge is -2.34. The van der Waals surface area contributed by atoms with Crippen molar-refractivity contribution in [2.24, 2.45) is 5.92 Å². The monoisotopic (exact) mass is 281 g/mol. The molecule has 4 heteroatoms. The van der Waals surface area contributed by atoms with Gasteiger partial charge in [-0.1, -0.05) is 18.5 Å². The Morgan fingerprint density at radius 1 is 1.37 bits per heavy atom. The molecule has 0 atom stereocenters. The molecule has 1 aliphatic carbocycles. The predicted molar refractivity (Wildman–Crippen MR) is 81.8 cm³/mol. The van der Waals surface area contributed by atoms with Crippen LogP contribution in [0.4, 0.5) is 5.82 Å². The molecule has 1 aromatic heterocycles. The number of nitrogens with zero attached hydrogens (tertiary/aromatic N) is 2. The lowest BCUT2D eigenvalue weighted by atomic mass is 9.87. The van der Waals surface area contributed by atoms with Crippen LogP contribution in [0.3, 0.4) is 0 Å². The first kappa shape index (κ1) is 14.6. The highest BCUT2D eigenvalue weighted by Crippen LogP contribution is 2.31. The van der Waals surface area contributed by atoms with E-state index >= 15 is 0 Å². The number of hydrogen-bond acceptors (Lipinski definition) is 3. The molecule has 0 amide bonds. The van der Waals surface area contributed by atoms with Crippen LogP contribution in [0.15, 0.2) is 12.3 Å². The lowest BCUT2D eigenvalue weighted by molar-refractivity contribution is 0.340. The van der Waals surface area contributed by atoms with Gasteiger partial charge in [0.2, 0.25) is 0 Å². The summed E-state index contributed by atoms with van der Waals surface area (Å²) in [7, 11) is 4.05. The summed E-state index contributed by atoms with van der Waals surface area (Å²) in [4.78, 5) is 6.81. The Morgan fingerprint density at radius 3 is 2.63 bits per heavy atom. The zero-order valence-corrected chi connectivity index (χ0v) is 12.9. The molecular weight excluding hydrogens is 258 g/mol. The van der Waals surface area contributed by atoms with Crippen molar-refractivity contribution in [3.63, 3.8) is 0 Å². The third kappa shape index (κ3) is 3.61. The van der Waals surface area contributed by atoms with Crippen molar-refractivity contribution >= 4 is 17.4 Å². The van der Waals surface area contributed by atoms with E-state index < -0.39 is 0 Å². The van der Waals surface area contributed by atoms with Gasteiger partial charge in [0.15, 0.2) is 0 Å². The molecule has 1 saturated carbocycles. The standard InChI is InChI=1S/C15H24ClN3/c1-11-4-6-13(7-5-11)19(3)15-14(16)8-12(9-17-2)10-18-15/h8,10-11,13,17H,4-7,9H2,1-3H3. The van der Waals surface area contributed by atoms with Crippen molar-refractivity contribution in [2.75, 3.05) is 19.0 Å². The zero-order chi connectivity index (χ0) is 13.8. The minimum atomic E-state index is 0.580. The minimum absolute atomic E-state index is 0.580. The molecule has 1 aliphatic rings. The maximum atomic E-state index is 6.38. The Kier molecular flexibility index (Phi) is 5.06. The predicted octanol–water partition coefficient (Wildman–Crippen LogP) is 3.47. The Morgan fingerprint density at radius 2 is 2.05 bits per heavy atom. The van der Waals surface area contributed by atoms with Gasteiger partial charge in [-0.05, 0) is 50.3 Å². The third-order valence-electron chi connectivity index (χ3n) is 4.13. The van der Waals surface area contributed by atoms with Crippen LogP contribution < -0.4 is 10.2 Å². The van der Waals surface area contributed by atoms with Crippen molar-refractivity contribution in [3.05, 3.63) is 22.8 Å². The van der Waals surface area contributed by atoms with Crippen molar-refractivity contribution < 1.29 is 0 Å². The van der Waals surface area contributed by atoms with Crippen molar-refractivity contribution in [3.8, 4) is 0 Å². The number of halogens is 1. The molecule has 19 heavy (non-hydrogen) atoms. The molecule has 1 heterocycles. The second kappa shape index (κ2) is 6.58. The molecule has 1 aromatic rings. The molecule has 1 fully saturated rings. The first-order valence-electron chi connectivity index (χ1n) is 7.13. The molecule has 0 radical (unpaired) electrons. The molecule has 106 valence electrons. The number of nitrogens with one attached hydrogen (secondary N) is 1. The second-order valence-corrected chi connectivity index (χ2v) is 6.11. The third-order valence-corrected chi connectivity index (χ3v) is 4.40. The lowest BCUT2D eigenvalue weighted by Crippen LogP contribution is -2.35. The van der Waals surface area contributed by atoms with E-state index in [0.717, 1.165) is 28.9 Å². The summed E-state index contributed by atoms with van der Waals surface area (Å²) >= 11 is 6.38. The van der Waals surface area contributed by atoms with Crippen LogP contribution in [-0.2, 0) is 6.54 Å². The van der Waals surface area contributed by atoms with Gasteiger partial charge in [0.25, 0.3) is 0 Å². The number of anilines is 1. The normalized spacial score (nSPS) is 23.4. The number of rotatable bonds is 4. The Labute approximate surface area is 121 Å². The van der Waals surface area contributed by atoms with Gasteiger partial charge in [0.05, 0.1) is 5.02 Å². The maximum absolute atomic E-state index is 6.38. The largest absolute Gasteiger partial charge is 0.355 e. The molecule has 0 bridgehead atoms. The fraction of sp³-hybridized carbons (Fsp3) is 0.667. The highest BCUT2D eigenvalue weighted by atomic mass is 35.5. The fourth-order valence-corrected chi connectivity index (χ4v) is 3.16. The molecule has 0 aromatic carbocycles. The zero-order valence-electron chi connectivity index (χ0n) is 12.1. The van der Waals surface area contributed by atoms with E-state index in [1.165, 1.54) is 25.7 Å². The van der Waals surface area contributed by atoms with Crippen LogP contribution in [0, 0.1) is 5.92 Å². The van der Waals surface area contributed by atoms with Gasteiger partial charge in [-0.2, -0.15) is 0 Å². The second-order valence-electron chi connectivity index (χ2n) is 5.70. The summed E-state index contributed by atoms with van der Waals surface area (Å²) in [6.45, 7) is 3.14. The molecule has 0 spiro atoms. The average molecular weight is 282 g/mol. The van der Waals surface area contributed by atoms with Gasteiger partial charge in [-0.3, -0.25) is 0 Å². The smallest absolute Gasteiger partial charge is 0.147 e. The highest BCUT2D eigenvalue weighted by molar-refractivity contribution is 6.33. The Hall–Kier alpha value is -0.800. The number of hydrogen-bond donors (Lipinski definition) is 1. The van der Waals surface area contributed by atoms with E-state index in [4.69, 9.17) is 11.6 Å². The fourth-order valence-electron chi connectivity index (χ4n) is 2.83. The average Bonchev–Trinajstić information content (AvgIpc) is 2.39. The van der Waals surface area contributed by atoms with Crippen LogP contribution >= 0.6 is 11.6 Å². The summed E-state index contributed by atoms with van der Waals surface area (Å²) in [6.07, 6.45) is 7.02. The SMILES string of the molecule is CNCc1cnc(N(C)C2CCC(C)CC2)c(Cl)c1. The molecular formula is C15H24ClN3. The van der Waals surface area contributed by atoms with Gasteiger partial charge in [0, 0.05) is 25.8 Å². The van der Waals surface area contributed by atoms with Gasteiger partial charge in [-0.25, -0.2) is 4.98 Å². The van der Waals surface area contributed by atoms with Crippen LogP contribution in [0.2, 0.25) is 5.02 Å². The summed E-state index contributed by atoms with van der Waals surface area (Å²) in [5.74, 6) is 1.78. The van der Waals surface area contributed by atoms with Crippen LogP contribution in [-0.4, -0.2) is 25.1 Å². The first-order chi connectivity index (χ1) is 9.11. The van der Waals surface area contributed by atoms with E-state index in [9.17, 15) is 0 Å². The van der Waals surface area contributed by atoms with Gasteiger partial charge >= 0.3 is 0 Å². The van der Waals surface area contributed by atoms with Gasteiger partial charge < -0.3 is 10.2 Å². The van der Waals surface area contributed by atoms with Crippen LogP contribution in [0.1, 0.15) is 38.2 Å². The molecule has 0 unspecified atom stereocenters. The van der Waals surface area contributed by atoms with E-state index in [1.807, 2.05) is 19.3 Å². The van der Waals surface area contributed by atoms with E-state index in [0.29, 0.717) is 6.04 Å². The Balaban J connectivity index is 2.08. The highest BCUT2D eigenvalue weighted by Gasteiger charge is 2.23. The number of pyridine rings is 1. The summed E-state index contributed by atoms with van der Waals surface area (Å²) < 4.78 is 0. The Bertz CT molecular complexity index is 414. The van der Waals surface area contributed by atoms with E-state index in [2.05, 4.69) is 29.2 Å². The van der Waals surface area contributed by atoms with Gasteiger partial charge in [0.1, 0.15) is 5.82 Å². The minimum Gasteiger partial charge on any atom is -0.355 e. The van der Waals surface area contributed by atoms with Gasteiger partial charge in [-0.15, -0.1) is 0 Å². The molecule has 2 rings (SSSR count). The van der Waals surface area contributed by atoms with E-state index in [-0.39, 0.29) is 0 Å². The van der Waals surface area contributed by atoms with Crippen molar-refractivity contribution in [1.82, 2.24) is 10.3 Å². The van der Waals surface area contributed by atoms with Crippen molar-refractivity contribution in [1.29, 1.82) is 0 Å². The molecule has 0 aliphatic heterocycles. The first-order valence-corrected chi connectivity index (χ1v) is 7.51. The van der Waals surface area contributed by atoms with E-state index in [1.54, 1.807) is 0 Å².